The zero-order valence-electron chi connectivity index (χ0n) is 14.7. The Hall–Kier alpha value is -1.88. The highest BCUT2D eigenvalue weighted by molar-refractivity contribution is 5.83. The predicted octanol–water partition coefficient (Wildman–Crippen LogP) is 2.09. The number of carbonyl (C=O) groups excluding carboxylic acids is 2. The lowest BCUT2D eigenvalue weighted by Crippen LogP contribution is -2.42. The number of amides is 1. The second-order valence-electron chi connectivity index (χ2n) is 7.21. The van der Waals surface area contributed by atoms with Crippen LogP contribution in [0.5, 0.6) is 0 Å². The van der Waals surface area contributed by atoms with Crippen LogP contribution in [0.15, 0.2) is 30.3 Å². The van der Waals surface area contributed by atoms with Gasteiger partial charge in [-0.15, -0.1) is 0 Å². The van der Waals surface area contributed by atoms with Gasteiger partial charge in [-0.2, -0.15) is 0 Å². The molecule has 0 radical (unpaired) electrons. The molecule has 24 heavy (non-hydrogen) atoms. The number of likely N-dealkylation sites (N-methyl/N-ethyl adjacent to an activating group) is 1. The van der Waals surface area contributed by atoms with Crippen LogP contribution in [0.25, 0.3) is 0 Å². The van der Waals surface area contributed by atoms with Gasteiger partial charge >= 0.3 is 5.97 Å². The second-order valence-corrected chi connectivity index (χ2v) is 7.21. The van der Waals surface area contributed by atoms with Crippen molar-refractivity contribution in [2.75, 3.05) is 34.3 Å². The van der Waals surface area contributed by atoms with Gasteiger partial charge in [0.15, 0.2) is 0 Å². The van der Waals surface area contributed by atoms with Crippen molar-refractivity contribution in [1.82, 2.24) is 9.80 Å². The van der Waals surface area contributed by atoms with Gasteiger partial charge in [-0.1, -0.05) is 36.8 Å². The molecule has 3 atom stereocenters. The Morgan fingerprint density at radius 2 is 2.00 bits per heavy atom. The quantitative estimate of drug-likeness (QED) is 0.793. The number of rotatable bonds is 4. The van der Waals surface area contributed by atoms with E-state index in [1.165, 1.54) is 7.11 Å². The monoisotopic (exact) mass is 330 g/mol. The van der Waals surface area contributed by atoms with Crippen molar-refractivity contribution in [3.63, 3.8) is 0 Å². The maximum atomic E-state index is 12.9. The van der Waals surface area contributed by atoms with Crippen LogP contribution < -0.4 is 0 Å². The van der Waals surface area contributed by atoms with Gasteiger partial charge in [-0.05, 0) is 24.3 Å². The third-order valence-corrected chi connectivity index (χ3v) is 5.64. The van der Waals surface area contributed by atoms with Crippen molar-refractivity contribution in [1.29, 1.82) is 0 Å². The molecule has 1 saturated heterocycles. The molecule has 1 saturated carbocycles. The molecule has 5 heteroatoms. The molecule has 1 heterocycles. The summed E-state index contributed by atoms with van der Waals surface area (Å²) in [5.74, 6) is 0.226. The molecule has 0 bridgehead atoms. The number of fused-ring (bicyclic) bond motifs is 1. The molecule has 0 unspecified atom stereocenters. The lowest BCUT2D eigenvalue weighted by molar-refractivity contribution is -0.153. The molecule has 1 aliphatic carbocycles. The predicted molar refractivity (Wildman–Crippen MR) is 91.2 cm³/mol. The molecule has 1 amide bonds. The Morgan fingerprint density at radius 1 is 1.29 bits per heavy atom. The minimum absolute atomic E-state index is 0.0567. The standard InChI is InChI=1S/C19H26N2O3/c1-20(2)17(22)16(14-8-5-4-6-9-14)21-12-15-10-7-11-19(15,13-21)18(23)24-3/h4-6,8-9,15-16H,7,10-13H2,1-3H3/t15-,16+,19+/m1/s1. The van der Waals surface area contributed by atoms with Gasteiger partial charge in [-0.25, -0.2) is 0 Å². The number of ether oxygens (including phenoxy) is 1. The molecule has 0 N–H and O–H groups in total. The summed E-state index contributed by atoms with van der Waals surface area (Å²) < 4.78 is 5.12. The fourth-order valence-electron chi connectivity index (χ4n) is 4.45. The maximum Gasteiger partial charge on any atom is 0.313 e. The number of nitrogens with zero attached hydrogens (tertiary/aromatic N) is 2. The molecule has 0 aromatic heterocycles. The third kappa shape index (κ3) is 2.71. The van der Waals surface area contributed by atoms with Crippen molar-refractivity contribution >= 4 is 11.9 Å². The van der Waals surface area contributed by atoms with Gasteiger partial charge in [-0.3, -0.25) is 14.5 Å². The molecular formula is C19H26N2O3. The van der Waals surface area contributed by atoms with Crippen LogP contribution in [0.4, 0.5) is 0 Å². The summed E-state index contributed by atoms with van der Waals surface area (Å²) in [6, 6.07) is 9.51. The Morgan fingerprint density at radius 3 is 2.62 bits per heavy atom. The van der Waals surface area contributed by atoms with Crippen molar-refractivity contribution in [2.45, 2.75) is 25.3 Å². The van der Waals surface area contributed by atoms with E-state index in [2.05, 4.69) is 4.90 Å². The average molecular weight is 330 g/mol. The molecule has 0 spiro atoms. The number of esters is 1. The Balaban J connectivity index is 1.93. The smallest absolute Gasteiger partial charge is 0.313 e. The van der Waals surface area contributed by atoms with Gasteiger partial charge < -0.3 is 9.64 Å². The summed E-state index contributed by atoms with van der Waals surface area (Å²) in [4.78, 5) is 29.2. The Labute approximate surface area is 143 Å². The Bertz CT molecular complexity index is 616. The lowest BCUT2D eigenvalue weighted by Gasteiger charge is -2.31. The van der Waals surface area contributed by atoms with E-state index in [1.807, 2.05) is 30.3 Å². The summed E-state index contributed by atoms with van der Waals surface area (Å²) in [5, 5.41) is 0. The van der Waals surface area contributed by atoms with Crippen molar-refractivity contribution in [3.05, 3.63) is 35.9 Å². The normalized spacial score (nSPS) is 27.5. The number of carbonyl (C=O) groups is 2. The summed E-state index contributed by atoms with van der Waals surface area (Å²) in [6.07, 6.45) is 2.95. The molecule has 1 aliphatic heterocycles. The van der Waals surface area contributed by atoms with Gasteiger partial charge in [0.05, 0.1) is 12.5 Å². The van der Waals surface area contributed by atoms with E-state index >= 15 is 0 Å². The number of hydrogen-bond acceptors (Lipinski definition) is 4. The molecule has 1 aromatic rings. The van der Waals surface area contributed by atoms with Crippen LogP contribution in [0, 0.1) is 11.3 Å². The number of methoxy groups -OCH3 is 1. The van der Waals surface area contributed by atoms with Gasteiger partial charge in [0.25, 0.3) is 0 Å². The first-order valence-corrected chi connectivity index (χ1v) is 8.58. The third-order valence-electron chi connectivity index (χ3n) is 5.64. The molecule has 2 aliphatic rings. The van der Waals surface area contributed by atoms with Crippen LogP contribution in [0.2, 0.25) is 0 Å². The van der Waals surface area contributed by atoms with Gasteiger partial charge in [0.1, 0.15) is 6.04 Å². The van der Waals surface area contributed by atoms with Crippen molar-refractivity contribution in [2.24, 2.45) is 11.3 Å². The summed E-state index contributed by atoms with van der Waals surface area (Å²) >= 11 is 0. The number of hydrogen-bond donors (Lipinski definition) is 0. The van der Waals surface area contributed by atoms with E-state index in [0.717, 1.165) is 31.4 Å². The first kappa shape index (κ1) is 17.0. The molecular weight excluding hydrogens is 304 g/mol. The van der Waals surface area contributed by atoms with Crippen LogP contribution in [0.3, 0.4) is 0 Å². The van der Waals surface area contributed by atoms with E-state index in [9.17, 15) is 9.59 Å². The zero-order chi connectivity index (χ0) is 17.3. The molecule has 5 nitrogen and oxygen atoms in total. The lowest BCUT2D eigenvalue weighted by atomic mass is 9.81. The first-order valence-electron chi connectivity index (χ1n) is 8.58. The van der Waals surface area contributed by atoms with Gasteiger partial charge in [0, 0.05) is 27.2 Å². The highest BCUT2D eigenvalue weighted by Gasteiger charge is 2.57. The average Bonchev–Trinajstić information content (AvgIpc) is 3.13. The minimum atomic E-state index is -0.436. The zero-order valence-corrected chi connectivity index (χ0v) is 14.7. The maximum absolute atomic E-state index is 12.9. The van der Waals surface area contributed by atoms with E-state index in [1.54, 1.807) is 19.0 Å². The molecule has 130 valence electrons. The van der Waals surface area contributed by atoms with Crippen LogP contribution in [-0.4, -0.2) is 56.0 Å². The summed E-state index contributed by atoms with van der Waals surface area (Å²) in [6.45, 7) is 1.37. The molecule has 1 aromatic carbocycles. The number of likely N-dealkylation sites (tertiary alicyclic amines) is 1. The SMILES string of the molecule is COC(=O)[C@]12CCC[C@@H]1CN([C@H](C(=O)N(C)C)c1ccccc1)C2. The van der Waals surface area contributed by atoms with E-state index < -0.39 is 5.41 Å². The number of benzene rings is 1. The van der Waals surface area contributed by atoms with Crippen LogP contribution in [0.1, 0.15) is 30.9 Å². The van der Waals surface area contributed by atoms with Crippen molar-refractivity contribution in [3.8, 4) is 0 Å². The van der Waals surface area contributed by atoms with Gasteiger partial charge in [0.2, 0.25) is 5.91 Å². The highest BCUT2D eigenvalue weighted by atomic mass is 16.5. The first-order chi connectivity index (χ1) is 11.5. The van der Waals surface area contributed by atoms with Crippen LogP contribution >= 0.6 is 0 Å². The largest absolute Gasteiger partial charge is 0.469 e. The minimum Gasteiger partial charge on any atom is -0.469 e. The topological polar surface area (TPSA) is 49.9 Å². The van der Waals surface area contributed by atoms with Crippen LogP contribution in [-0.2, 0) is 14.3 Å². The molecule has 2 fully saturated rings. The fraction of sp³-hybridized carbons (Fsp3) is 0.579. The van der Waals surface area contributed by atoms with E-state index in [-0.39, 0.29) is 23.8 Å². The van der Waals surface area contributed by atoms with E-state index in [4.69, 9.17) is 4.74 Å². The van der Waals surface area contributed by atoms with E-state index in [0.29, 0.717) is 6.54 Å². The summed E-state index contributed by atoms with van der Waals surface area (Å²) in [5.41, 5.74) is 0.546. The summed E-state index contributed by atoms with van der Waals surface area (Å²) in [7, 11) is 5.03. The fourth-order valence-corrected chi connectivity index (χ4v) is 4.45. The second kappa shape index (κ2) is 6.55. The Kier molecular flexibility index (Phi) is 4.63. The highest BCUT2D eigenvalue weighted by Crippen LogP contribution is 2.51. The molecule has 3 rings (SSSR count). The van der Waals surface area contributed by atoms with Crippen molar-refractivity contribution < 1.29 is 14.3 Å².